The second-order valence-electron chi connectivity index (χ2n) is 8.44. The molecular weight excluding hydrogens is 404 g/mol. The van der Waals surface area contributed by atoms with Crippen LogP contribution in [0.1, 0.15) is 44.2 Å². The van der Waals surface area contributed by atoms with Gasteiger partial charge in [0.25, 0.3) is 0 Å². The van der Waals surface area contributed by atoms with Gasteiger partial charge in [0.2, 0.25) is 5.89 Å². The maximum atomic E-state index is 11.3. The SMILES string of the molecule is CCCc1oc(-c2ccccc2)nc1CCc1c[nH]c2cc(OC(C)(C)C(=O)O)ccc12. The van der Waals surface area contributed by atoms with Crippen molar-refractivity contribution in [1.82, 2.24) is 9.97 Å². The lowest BCUT2D eigenvalue weighted by Crippen LogP contribution is -2.37. The molecule has 0 fully saturated rings. The van der Waals surface area contributed by atoms with E-state index in [1.807, 2.05) is 54.7 Å². The molecular formula is C26H28N2O4. The van der Waals surface area contributed by atoms with Crippen molar-refractivity contribution in [2.75, 3.05) is 0 Å². The molecule has 2 aromatic heterocycles. The first kappa shape index (κ1) is 21.7. The lowest BCUT2D eigenvalue weighted by Gasteiger charge is -2.21. The predicted octanol–water partition coefficient (Wildman–Crippen LogP) is 5.80. The summed E-state index contributed by atoms with van der Waals surface area (Å²) in [5, 5.41) is 10.4. The van der Waals surface area contributed by atoms with Crippen molar-refractivity contribution in [3.63, 3.8) is 0 Å². The number of ether oxygens (including phenoxy) is 1. The Labute approximate surface area is 187 Å². The Morgan fingerprint density at radius 2 is 1.91 bits per heavy atom. The van der Waals surface area contributed by atoms with Gasteiger partial charge in [0.15, 0.2) is 5.60 Å². The molecule has 0 atom stereocenters. The number of aromatic amines is 1. The topological polar surface area (TPSA) is 88.4 Å². The van der Waals surface area contributed by atoms with E-state index in [1.165, 1.54) is 19.4 Å². The molecule has 6 heteroatoms. The zero-order valence-corrected chi connectivity index (χ0v) is 18.6. The van der Waals surface area contributed by atoms with Crippen LogP contribution in [-0.4, -0.2) is 26.6 Å². The highest BCUT2D eigenvalue weighted by molar-refractivity contribution is 5.85. The summed E-state index contributed by atoms with van der Waals surface area (Å²) in [6.45, 7) is 5.21. The van der Waals surface area contributed by atoms with Crippen molar-refractivity contribution in [1.29, 1.82) is 0 Å². The van der Waals surface area contributed by atoms with Crippen LogP contribution >= 0.6 is 0 Å². The molecule has 0 amide bonds. The number of carbonyl (C=O) groups is 1. The third kappa shape index (κ3) is 4.54. The van der Waals surface area contributed by atoms with Crippen LogP contribution in [0.5, 0.6) is 5.75 Å². The minimum absolute atomic E-state index is 0.521. The smallest absolute Gasteiger partial charge is 0.347 e. The van der Waals surface area contributed by atoms with Gasteiger partial charge in [-0.2, -0.15) is 0 Å². The van der Waals surface area contributed by atoms with E-state index in [0.717, 1.165) is 53.6 Å². The highest BCUT2D eigenvalue weighted by Crippen LogP contribution is 2.28. The molecule has 2 N–H and O–H groups in total. The molecule has 32 heavy (non-hydrogen) atoms. The van der Waals surface area contributed by atoms with E-state index in [4.69, 9.17) is 14.1 Å². The summed E-state index contributed by atoms with van der Waals surface area (Å²) in [4.78, 5) is 19.4. The summed E-state index contributed by atoms with van der Waals surface area (Å²) in [7, 11) is 0. The number of fused-ring (bicyclic) bond motifs is 1. The lowest BCUT2D eigenvalue weighted by atomic mass is 10.1. The maximum absolute atomic E-state index is 11.3. The van der Waals surface area contributed by atoms with Gasteiger partial charge in [-0.1, -0.05) is 25.1 Å². The number of nitrogens with one attached hydrogen (secondary N) is 1. The number of carboxylic acids is 1. The number of rotatable bonds is 9. The van der Waals surface area contributed by atoms with E-state index in [-0.39, 0.29) is 0 Å². The molecule has 0 bridgehead atoms. The molecule has 0 radical (unpaired) electrons. The van der Waals surface area contributed by atoms with Crippen molar-refractivity contribution in [2.45, 2.75) is 52.1 Å². The summed E-state index contributed by atoms with van der Waals surface area (Å²) in [6.07, 6.45) is 5.46. The fourth-order valence-electron chi connectivity index (χ4n) is 3.73. The van der Waals surface area contributed by atoms with Gasteiger partial charge >= 0.3 is 5.97 Å². The molecule has 166 valence electrons. The van der Waals surface area contributed by atoms with Crippen LogP contribution in [0, 0.1) is 0 Å². The number of carboxylic acid groups (broad SMARTS) is 1. The first-order valence-corrected chi connectivity index (χ1v) is 10.9. The average molecular weight is 433 g/mol. The van der Waals surface area contributed by atoms with Crippen molar-refractivity contribution in [2.24, 2.45) is 0 Å². The second kappa shape index (κ2) is 8.91. The van der Waals surface area contributed by atoms with E-state index in [1.54, 1.807) is 0 Å². The van der Waals surface area contributed by atoms with Gasteiger partial charge in [0.1, 0.15) is 11.5 Å². The van der Waals surface area contributed by atoms with Gasteiger partial charge in [-0.05, 0) is 62.9 Å². The lowest BCUT2D eigenvalue weighted by molar-refractivity contribution is -0.152. The van der Waals surface area contributed by atoms with Crippen LogP contribution in [0.2, 0.25) is 0 Å². The summed E-state index contributed by atoms with van der Waals surface area (Å²) in [5.74, 6) is 1.14. The molecule has 2 aromatic carbocycles. The number of hydrogen-bond donors (Lipinski definition) is 2. The standard InChI is InChI=1S/C26H28N2O4/c1-4-8-23-21(28-24(31-23)17-9-6-5-7-10-17)14-11-18-16-27-22-15-19(12-13-20(18)22)32-26(2,3)25(29)30/h5-7,9-10,12-13,15-16,27H,4,8,11,14H2,1-3H3,(H,29,30). The van der Waals surface area contributed by atoms with Crippen LogP contribution < -0.4 is 4.74 Å². The van der Waals surface area contributed by atoms with E-state index in [2.05, 4.69) is 11.9 Å². The zero-order chi connectivity index (χ0) is 22.7. The maximum Gasteiger partial charge on any atom is 0.347 e. The van der Waals surface area contributed by atoms with Crippen LogP contribution in [0.15, 0.2) is 59.1 Å². The largest absolute Gasteiger partial charge is 0.478 e. The zero-order valence-electron chi connectivity index (χ0n) is 18.6. The van der Waals surface area contributed by atoms with Gasteiger partial charge in [0, 0.05) is 35.2 Å². The summed E-state index contributed by atoms with van der Waals surface area (Å²) in [6, 6.07) is 15.6. The van der Waals surface area contributed by atoms with E-state index < -0.39 is 11.6 Å². The highest BCUT2D eigenvalue weighted by Gasteiger charge is 2.29. The molecule has 0 saturated heterocycles. The predicted molar refractivity (Wildman–Crippen MR) is 124 cm³/mol. The van der Waals surface area contributed by atoms with Crippen LogP contribution in [0.25, 0.3) is 22.4 Å². The molecule has 0 spiro atoms. The Bertz CT molecular complexity index is 1220. The quantitative estimate of drug-likeness (QED) is 0.349. The minimum atomic E-state index is -1.29. The Balaban J connectivity index is 1.53. The normalized spacial score (nSPS) is 11.7. The van der Waals surface area contributed by atoms with Crippen LogP contribution in [0.3, 0.4) is 0 Å². The third-order valence-corrected chi connectivity index (χ3v) is 5.53. The monoisotopic (exact) mass is 432 g/mol. The van der Waals surface area contributed by atoms with Gasteiger partial charge in [-0.3, -0.25) is 0 Å². The molecule has 0 aliphatic heterocycles. The highest BCUT2D eigenvalue weighted by atomic mass is 16.5. The van der Waals surface area contributed by atoms with Gasteiger partial charge in [-0.15, -0.1) is 0 Å². The molecule has 4 rings (SSSR count). The fraction of sp³-hybridized carbons (Fsp3) is 0.308. The Morgan fingerprint density at radius 3 is 2.62 bits per heavy atom. The van der Waals surface area contributed by atoms with Gasteiger partial charge < -0.3 is 19.2 Å². The number of aryl methyl sites for hydroxylation is 3. The molecule has 2 heterocycles. The fourth-order valence-corrected chi connectivity index (χ4v) is 3.73. The Hall–Kier alpha value is -3.54. The van der Waals surface area contributed by atoms with Gasteiger partial charge in [-0.25, -0.2) is 9.78 Å². The van der Waals surface area contributed by atoms with E-state index >= 15 is 0 Å². The summed E-state index contributed by atoms with van der Waals surface area (Å²) < 4.78 is 11.8. The number of oxazole rings is 1. The summed E-state index contributed by atoms with van der Waals surface area (Å²) >= 11 is 0. The molecule has 4 aromatic rings. The number of H-pyrrole nitrogens is 1. The van der Waals surface area contributed by atoms with Crippen molar-refractivity contribution >= 4 is 16.9 Å². The van der Waals surface area contributed by atoms with Crippen molar-refractivity contribution in [3.8, 4) is 17.2 Å². The van der Waals surface area contributed by atoms with Crippen molar-refractivity contribution < 1.29 is 19.1 Å². The molecule has 0 aliphatic carbocycles. The van der Waals surface area contributed by atoms with Gasteiger partial charge in [0.05, 0.1) is 5.69 Å². The number of aromatic nitrogens is 2. The first-order chi connectivity index (χ1) is 15.4. The Kier molecular flexibility index (Phi) is 6.04. The van der Waals surface area contributed by atoms with Crippen molar-refractivity contribution in [3.05, 3.63) is 71.7 Å². The summed E-state index contributed by atoms with van der Waals surface area (Å²) in [5.41, 5.74) is 2.79. The molecule has 0 aliphatic rings. The number of hydrogen-bond acceptors (Lipinski definition) is 4. The number of nitrogens with zero attached hydrogens (tertiary/aromatic N) is 1. The average Bonchev–Trinajstić information content (AvgIpc) is 3.36. The van der Waals surface area contributed by atoms with E-state index in [9.17, 15) is 9.90 Å². The number of aliphatic carboxylic acids is 1. The molecule has 0 unspecified atom stereocenters. The minimum Gasteiger partial charge on any atom is -0.478 e. The molecule has 0 saturated carbocycles. The number of benzene rings is 2. The van der Waals surface area contributed by atoms with Crippen LogP contribution in [-0.2, 0) is 24.1 Å². The second-order valence-corrected chi connectivity index (χ2v) is 8.44. The van der Waals surface area contributed by atoms with E-state index in [0.29, 0.717) is 11.6 Å². The van der Waals surface area contributed by atoms with Crippen LogP contribution in [0.4, 0.5) is 0 Å². The Morgan fingerprint density at radius 1 is 1.12 bits per heavy atom. The molecule has 6 nitrogen and oxygen atoms in total. The third-order valence-electron chi connectivity index (χ3n) is 5.53. The first-order valence-electron chi connectivity index (χ1n) is 10.9.